The highest BCUT2D eigenvalue weighted by molar-refractivity contribution is 5.84. The minimum absolute atomic E-state index is 0.189. The fraction of sp³-hybridized carbons (Fsp3) is 0.333. The number of halogens is 1. The van der Waals surface area contributed by atoms with Crippen LogP contribution in [-0.4, -0.2) is 11.1 Å². The van der Waals surface area contributed by atoms with E-state index in [2.05, 4.69) is 54.2 Å². The fourth-order valence-electron chi connectivity index (χ4n) is 2.99. The first kappa shape index (κ1) is 16.7. The van der Waals surface area contributed by atoms with Crippen molar-refractivity contribution in [1.29, 1.82) is 0 Å². The monoisotopic (exact) mass is 324 g/mol. The van der Waals surface area contributed by atoms with Crippen LogP contribution in [0.3, 0.4) is 0 Å². The molecule has 0 amide bonds. The second-order valence-electron chi connectivity index (χ2n) is 6.79. The van der Waals surface area contributed by atoms with E-state index in [1.807, 2.05) is 12.1 Å². The molecule has 0 saturated carbocycles. The number of nitrogens with one attached hydrogen (secondary N) is 1. The molecule has 0 saturated heterocycles. The average molecular weight is 324 g/mol. The predicted octanol–water partition coefficient (Wildman–Crippen LogP) is 4.96. The first-order chi connectivity index (χ1) is 11.6. The van der Waals surface area contributed by atoms with E-state index in [4.69, 9.17) is 0 Å². The topological polar surface area (TPSA) is 17.0 Å². The van der Waals surface area contributed by atoms with Crippen LogP contribution in [0.5, 0.6) is 0 Å². The Morgan fingerprint density at radius 3 is 2.54 bits per heavy atom. The van der Waals surface area contributed by atoms with Crippen LogP contribution in [0.15, 0.2) is 54.7 Å². The van der Waals surface area contributed by atoms with Crippen molar-refractivity contribution in [1.82, 2.24) is 9.88 Å². The SMILES string of the molecule is CC(C)CCNCc1cn(Cc2ccc(F)cc2)c2ccccc12. The van der Waals surface area contributed by atoms with Crippen LogP contribution in [0, 0.1) is 11.7 Å². The number of rotatable bonds is 7. The summed E-state index contributed by atoms with van der Waals surface area (Å²) in [7, 11) is 0. The van der Waals surface area contributed by atoms with Gasteiger partial charge in [0.15, 0.2) is 0 Å². The van der Waals surface area contributed by atoms with Crippen LogP contribution < -0.4 is 5.32 Å². The summed E-state index contributed by atoms with van der Waals surface area (Å²) in [5.74, 6) is 0.531. The molecule has 0 atom stereocenters. The largest absolute Gasteiger partial charge is 0.343 e. The van der Waals surface area contributed by atoms with Gasteiger partial charge in [0.25, 0.3) is 0 Å². The molecule has 2 nitrogen and oxygen atoms in total. The van der Waals surface area contributed by atoms with Gasteiger partial charge < -0.3 is 9.88 Å². The third kappa shape index (κ3) is 4.04. The van der Waals surface area contributed by atoms with Crippen molar-refractivity contribution in [2.45, 2.75) is 33.4 Å². The van der Waals surface area contributed by atoms with E-state index in [0.717, 1.165) is 31.1 Å². The Morgan fingerprint density at radius 1 is 1.04 bits per heavy atom. The minimum Gasteiger partial charge on any atom is -0.343 e. The molecule has 3 aromatic rings. The summed E-state index contributed by atoms with van der Waals surface area (Å²) in [5, 5.41) is 4.84. The minimum atomic E-state index is -0.189. The van der Waals surface area contributed by atoms with E-state index in [0.29, 0.717) is 0 Å². The van der Waals surface area contributed by atoms with Gasteiger partial charge >= 0.3 is 0 Å². The summed E-state index contributed by atoms with van der Waals surface area (Å²) in [6.45, 7) is 7.16. The maximum absolute atomic E-state index is 13.1. The lowest BCUT2D eigenvalue weighted by Gasteiger charge is -2.06. The van der Waals surface area contributed by atoms with Gasteiger partial charge in [-0.15, -0.1) is 0 Å². The van der Waals surface area contributed by atoms with E-state index >= 15 is 0 Å². The van der Waals surface area contributed by atoms with Gasteiger partial charge in [-0.2, -0.15) is 0 Å². The van der Waals surface area contributed by atoms with Crippen LogP contribution in [0.1, 0.15) is 31.4 Å². The molecule has 0 unspecified atom stereocenters. The van der Waals surface area contributed by atoms with Crippen LogP contribution in [-0.2, 0) is 13.1 Å². The van der Waals surface area contributed by atoms with E-state index in [1.54, 1.807) is 0 Å². The average Bonchev–Trinajstić information content (AvgIpc) is 2.92. The summed E-state index contributed by atoms with van der Waals surface area (Å²) in [6, 6.07) is 15.2. The smallest absolute Gasteiger partial charge is 0.123 e. The molecular formula is C21H25FN2. The Labute approximate surface area is 143 Å². The van der Waals surface area contributed by atoms with Crippen LogP contribution in [0.2, 0.25) is 0 Å². The van der Waals surface area contributed by atoms with Crippen molar-refractivity contribution >= 4 is 10.9 Å². The molecule has 0 fully saturated rings. The van der Waals surface area contributed by atoms with Crippen LogP contribution in [0.25, 0.3) is 10.9 Å². The molecule has 3 rings (SSSR count). The molecule has 3 heteroatoms. The number of benzene rings is 2. The molecule has 0 aliphatic heterocycles. The molecular weight excluding hydrogens is 299 g/mol. The third-order valence-corrected chi connectivity index (χ3v) is 4.35. The van der Waals surface area contributed by atoms with Gasteiger partial charge in [0.05, 0.1) is 0 Å². The number of aromatic nitrogens is 1. The van der Waals surface area contributed by atoms with Crippen molar-refractivity contribution in [3.8, 4) is 0 Å². The Kier molecular flexibility index (Phi) is 5.31. The van der Waals surface area contributed by atoms with Crippen molar-refractivity contribution in [3.63, 3.8) is 0 Å². The van der Waals surface area contributed by atoms with Crippen molar-refractivity contribution in [2.24, 2.45) is 5.92 Å². The molecule has 0 aliphatic rings. The van der Waals surface area contributed by atoms with E-state index in [-0.39, 0.29) is 5.82 Å². The maximum atomic E-state index is 13.1. The molecule has 0 spiro atoms. The van der Waals surface area contributed by atoms with Crippen molar-refractivity contribution in [2.75, 3.05) is 6.54 Å². The van der Waals surface area contributed by atoms with Crippen molar-refractivity contribution < 1.29 is 4.39 Å². The molecule has 0 radical (unpaired) electrons. The molecule has 126 valence electrons. The van der Waals surface area contributed by atoms with Crippen LogP contribution in [0.4, 0.5) is 4.39 Å². The highest BCUT2D eigenvalue weighted by Crippen LogP contribution is 2.22. The van der Waals surface area contributed by atoms with Gasteiger partial charge in [0.1, 0.15) is 5.82 Å². The molecule has 1 heterocycles. The Morgan fingerprint density at radius 2 is 1.79 bits per heavy atom. The second-order valence-corrected chi connectivity index (χ2v) is 6.79. The summed E-state index contributed by atoms with van der Waals surface area (Å²) in [4.78, 5) is 0. The maximum Gasteiger partial charge on any atom is 0.123 e. The van der Waals surface area contributed by atoms with Gasteiger partial charge in [-0.3, -0.25) is 0 Å². The quantitative estimate of drug-likeness (QED) is 0.608. The van der Waals surface area contributed by atoms with Crippen molar-refractivity contribution in [3.05, 3.63) is 71.7 Å². The summed E-state index contributed by atoms with van der Waals surface area (Å²) < 4.78 is 15.3. The van der Waals surface area contributed by atoms with E-state index in [1.165, 1.54) is 35.0 Å². The molecule has 1 N–H and O–H groups in total. The lowest BCUT2D eigenvalue weighted by Crippen LogP contribution is -2.16. The van der Waals surface area contributed by atoms with E-state index in [9.17, 15) is 4.39 Å². The zero-order valence-electron chi connectivity index (χ0n) is 14.4. The van der Waals surface area contributed by atoms with Gasteiger partial charge in [-0.1, -0.05) is 44.2 Å². The second kappa shape index (κ2) is 7.63. The van der Waals surface area contributed by atoms with Gasteiger partial charge in [-0.05, 0) is 48.2 Å². The predicted molar refractivity (Wildman–Crippen MR) is 98.6 cm³/mol. The first-order valence-electron chi connectivity index (χ1n) is 8.65. The number of nitrogens with zero attached hydrogens (tertiary/aromatic N) is 1. The molecule has 1 aromatic heterocycles. The summed E-state index contributed by atoms with van der Waals surface area (Å²) >= 11 is 0. The van der Waals surface area contributed by atoms with Gasteiger partial charge in [0.2, 0.25) is 0 Å². The third-order valence-electron chi connectivity index (χ3n) is 4.35. The molecule has 0 bridgehead atoms. The number of para-hydroxylation sites is 1. The normalized spacial score (nSPS) is 11.5. The first-order valence-corrected chi connectivity index (χ1v) is 8.65. The van der Waals surface area contributed by atoms with Crippen LogP contribution >= 0.6 is 0 Å². The summed E-state index contributed by atoms with van der Waals surface area (Å²) in [6.07, 6.45) is 3.41. The summed E-state index contributed by atoms with van der Waals surface area (Å²) in [5.41, 5.74) is 3.65. The molecule has 24 heavy (non-hydrogen) atoms. The van der Waals surface area contributed by atoms with Gasteiger partial charge in [-0.25, -0.2) is 4.39 Å². The lowest BCUT2D eigenvalue weighted by molar-refractivity contribution is 0.538. The Hall–Kier alpha value is -2.13. The zero-order valence-corrected chi connectivity index (χ0v) is 14.4. The zero-order chi connectivity index (χ0) is 16.9. The molecule has 0 aliphatic carbocycles. The Balaban J connectivity index is 1.79. The van der Waals surface area contributed by atoms with E-state index < -0.39 is 0 Å². The highest BCUT2D eigenvalue weighted by Gasteiger charge is 2.08. The fourth-order valence-corrected chi connectivity index (χ4v) is 2.99. The number of fused-ring (bicyclic) bond motifs is 1. The number of hydrogen-bond donors (Lipinski definition) is 1. The lowest BCUT2D eigenvalue weighted by atomic mass is 10.1. The number of hydrogen-bond acceptors (Lipinski definition) is 1. The van der Waals surface area contributed by atoms with Gasteiger partial charge in [0, 0.05) is 30.2 Å². The molecule has 2 aromatic carbocycles. The Bertz CT molecular complexity index is 787. The standard InChI is InChI=1S/C21H25FN2/c1-16(2)11-12-23-13-18-15-24(21-6-4-3-5-20(18)21)14-17-7-9-19(22)10-8-17/h3-10,15-16,23H,11-14H2,1-2H3. The highest BCUT2D eigenvalue weighted by atomic mass is 19.1.